The fourth-order valence-electron chi connectivity index (χ4n) is 0.925. The van der Waals surface area contributed by atoms with Gasteiger partial charge in [0.25, 0.3) is 0 Å². The average Bonchev–Trinajstić information content (AvgIpc) is 3.03. The Morgan fingerprint density at radius 1 is 1.08 bits per heavy atom. The normalized spacial score (nSPS) is 9.92. The maximum Gasteiger partial charge on any atom is 0 e. The van der Waals surface area contributed by atoms with Gasteiger partial charge in [-0.15, -0.1) is 0 Å². The second-order valence-electron chi connectivity index (χ2n) is 3.84. The third-order valence-electron chi connectivity index (χ3n) is 1.93. The summed E-state index contributed by atoms with van der Waals surface area (Å²) in [6, 6.07) is 0. The van der Waals surface area contributed by atoms with Gasteiger partial charge in [-0.3, -0.25) is 0 Å². The zero-order valence-electron chi connectivity index (χ0n) is 14.7. The highest BCUT2D eigenvalue weighted by molar-refractivity contribution is 7.60. The van der Waals surface area contributed by atoms with Crippen molar-refractivity contribution < 1.29 is 0 Å². The lowest BCUT2D eigenvalue weighted by molar-refractivity contribution is 1.23. The number of hydrogen-bond donors (Lipinski definition) is 0. The predicted molar refractivity (Wildman–Crippen MR) is 128 cm³/mol. The summed E-state index contributed by atoms with van der Waals surface area (Å²) >= 11 is 0. The molecule has 0 aromatic heterocycles. The number of allylic oxidation sites excluding steroid dienone is 6. The first kappa shape index (κ1) is 35.3. The van der Waals surface area contributed by atoms with E-state index in [1.807, 2.05) is 0 Å². The van der Waals surface area contributed by atoms with E-state index >= 15 is 0 Å². The van der Waals surface area contributed by atoms with Crippen molar-refractivity contribution >= 4 is 113 Å². The van der Waals surface area contributed by atoms with E-state index in [2.05, 4.69) is 92.3 Å². The average molecular weight is 282 g/mol. The third kappa shape index (κ3) is 43.2. The van der Waals surface area contributed by atoms with Crippen molar-refractivity contribution in [3.63, 3.8) is 0 Å². The summed E-state index contributed by atoms with van der Waals surface area (Å²) in [5.41, 5.74) is 2.86. The molecule has 0 aromatic carbocycles. The van der Waals surface area contributed by atoms with E-state index in [9.17, 15) is 0 Å². The molecule has 0 amide bonds. The van der Waals surface area contributed by atoms with Gasteiger partial charge < -0.3 is 0 Å². The van der Waals surface area contributed by atoms with Gasteiger partial charge in [0.1, 0.15) is 0 Å². The molecule has 0 saturated carbocycles. The molecule has 0 aliphatic heterocycles. The van der Waals surface area contributed by atoms with Gasteiger partial charge >= 0.3 is 0 Å². The van der Waals surface area contributed by atoms with E-state index in [1.165, 1.54) is 18.2 Å². The lowest BCUT2D eigenvalue weighted by Gasteiger charge is -1.97. The van der Waals surface area contributed by atoms with Crippen molar-refractivity contribution in [1.82, 2.24) is 0 Å². The lowest BCUT2D eigenvalue weighted by atomic mass is 8.97. The Balaban J connectivity index is -0.0000000697. The molecule has 0 bridgehead atoms. The Kier molecular flexibility index (Phi) is 45.6. The van der Waals surface area contributed by atoms with Crippen LogP contribution in [0.3, 0.4) is 0 Å². The van der Waals surface area contributed by atoms with Gasteiger partial charge in [0.15, 0.2) is 0 Å². The summed E-state index contributed by atoms with van der Waals surface area (Å²) in [5, 5.41) is 0. The second kappa shape index (κ2) is 31.0. The second-order valence-corrected chi connectivity index (χ2v) is 3.84. The predicted octanol–water partition coefficient (Wildman–Crippen LogP) is -2.87. The maximum atomic E-state index is 4.89. The van der Waals surface area contributed by atoms with Crippen LogP contribution in [0.4, 0.5) is 0 Å². The van der Waals surface area contributed by atoms with E-state index in [0.29, 0.717) is 0 Å². The van der Waals surface area contributed by atoms with Crippen LogP contribution in [0.1, 0.15) is 20.3 Å². The van der Waals surface area contributed by atoms with Crippen LogP contribution in [0.25, 0.3) is 0 Å². The van der Waals surface area contributed by atoms with E-state index in [0.717, 1.165) is 13.5 Å². The summed E-state index contributed by atoms with van der Waals surface area (Å²) in [4.78, 5) is 0. The van der Waals surface area contributed by atoms with E-state index < -0.39 is 12.8 Å². The molecule has 25 radical (unpaired) electrons. The minimum absolute atomic E-state index is 0. The Hall–Kier alpha value is 0.194. The molecule has 24 heavy (non-hydrogen) atoms. The van der Waals surface area contributed by atoms with Crippen LogP contribution in [0.2, 0.25) is 0 Å². The van der Waals surface area contributed by atoms with Gasteiger partial charge in [0.2, 0.25) is 0 Å². The first-order chi connectivity index (χ1) is 10.8. The summed E-state index contributed by atoms with van der Waals surface area (Å²) in [5.74, 6) is 0. The van der Waals surface area contributed by atoms with Crippen LogP contribution in [-0.2, 0) is 0 Å². The molecule has 0 heterocycles. The van der Waals surface area contributed by atoms with Crippen LogP contribution < -0.4 is 0 Å². The first-order valence-corrected chi connectivity index (χ1v) is 6.67. The summed E-state index contributed by atoms with van der Waals surface area (Å²) in [6.45, 7) is 4.23. The van der Waals surface area contributed by atoms with Crippen LogP contribution in [0, 0.1) is 0 Å². The molecule has 0 saturated heterocycles. The molecule has 0 atom stereocenters. The lowest BCUT2D eigenvalue weighted by Crippen LogP contribution is -2.23. The number of rotatable bonds is 2. The molecule has 1 aliphatic carbocycles. The third-order valence-corrected chi connectivity index (χ3v) is 1.93. The fourth-order valence-corrected chi connectivity index (χ4v) is 0.925. The van der Waals surface area contributed by atoms with Crippen LogP contribution in [0.5, 0.6) is 0 Å². The molecule has 93 valence electrons. The van der Waals surface area contributed by atoms with Gasteiger partial charge in [0.05, 0.1) is 0 Å². The smallest absolute Gasteiger partial charge is 0 e. The van der Waals surface area contributed by atoms with E-state index in [4.69, 9.17) is 23.2 Å². The molecule has 1 aliphatic rings. The summed E-state index contributed by atoms with van der Waals surface area (Å²) in [6.07, 6.45) is 8.62. The molecule has 1 rings (SSSR count). The Morgan fingerprint density at radius 2 is 1.42 bits per heavy atom. The first-order valence-electron chi connectivity index (χ1n) is 6.67. The molecule has 0 aromatic rings. The van der Waals surface area contributed by atoms with Crippen LogP contribution in [-0.4, -0.2) is 113 Å². The molecule has 0 fully saturated rings. The molecule has 0 unspecified atom stereocenters. The molecule has 15 heteroatoms. The number of hydrogen-bond acceptors (Lipinski definition) is 0. The topological polar surface area (TPSA) is 0 Å². The Morgan fingerprint density at radius 3 is 1.58 bits per heavy atom. The Bertz CT molecular complexity index is 295. The van der Waals surface area contributed by atoms with Gasteiger partial charge in [-0.05, 0) is 25.8 Å². The van der Waals surface area contributed by atoms with Gasteiger partial charge in [-0.1, -0.05) is 29.9 Å². The Labute approximate surface area is 168 Å². The SMILES string of the molecule is C/C=C(\C)C1=CC=CC1.[B].[B]B([B])[B].[B][B].[B][B]B([B])[B].[B][B][B]. The van der Waals surface area contributed by atoms with Crippen molar-refractivity contribution in [3.05, 3.63) is 35.5 Å². The zero-order valence-corrected chi connectivity index (χ0v) is 14.7. The zero-order chi connectivity index (χ0) is 19.3. The van der Waals surface area contributed by atoms with Gasteiger partial charge in [0, 0.05) is 113 Å². The van der Waals surface area contributed by atoms with E-state index in [1.54, 1.807) is 0 Å². The molecular weight excluding hydrogens is 270 g/mol. The highest BCUT2D eigenvalue weighted by Crippen LogP contribution is 2.18. The largest absolute Gasteiger partial charge is 0.0844 e. The highest BCUT2D eigenvalue weighted by atomic mass is 14.0. The monoisotopic (exact) mass is 285 g/mol. The summed E-state index contributed by atoms with van der Waals surface area (Å²) in [7, 11) is 47.8. The van der Waals surface area contributed by atoms with Crippen LogP contribution >= 0.6 is 0 Å². The molecule has 0 nitrogen and oxygen atoms in total. The maximum absolute atomic E-state index is 4.89. The molecule has 0 N–H and O–H groups in total. The van der Waals surface area contributed by atoms with Gasteiger partial charge in [-0.25, -0.2) is 0 Å². The van der Waals surface area contributed by atoms with Crippen molar-refractivity contribution in [1.29, 1.82) is 0 Å². The fraction of sp³-hybridized carbons (Fsp3) is 0.333. The van der Waals surface area contributed by atoms with Crippen LogP contribution in [0.15, 0.2) is 35.5 Å². The summed E-state index contributed by atoms with van der Waals surface area (Å²) < 4.78 is 0. The highest BCUT2D eigenvalue weighted by Gasteiger charge is 1.98. The van der Waals surface area contributed by atoms with Crippen molar-refractivity contribution in [3.8, 4) is 0 Å². The van der Waals surface area contributed by atoms with E-state index in [-0.39, 0.29) is 8.41 Å². The van der Waals surface area contributed by atoms with Gasteiger partial charge in [-0.2, -0.15) is 0 Å². The minimum atomic E-state index is -0.667. The quantitative estimate of drug-likeness (QED) is 0.478. The molecular formula is C9H12B15. The minimum Gasteiger partial charge on any atom is -0.0844 e. The standard InChI is InChI=1S/C9H12.B5.B4.B3.B2.B/c1-3-8(2)9-6-4-5-7-9;1-4-5(2)3;1-4(2)3;1-3-2;1-2;/h3-6H,7H2,1-2H3;;;;;/b8-3+;;;;;. The van der Waals surface area contributed by atoms with Crippen molar-refractivity contribution in [2.75, 3.05) is 0 Å². The molecule has 0 spiro atoms. The van der Waals surface area contributed by atoms with Crippen molar-refractivity contribution in [2.24, 2.45) is 0 Å². The van der Waals surface area contributed by atoms with Crippen molar-refractivity contribution in [2.45, 2.75) is 20.3 Å².